The fourth-order valence-corrected chi connectivity index (χ4v) is 2.01. The van der Waals surface area contributed by atoms with Gasteiger partial charge >= 0.3 is 6.18 Å². The van der Waals surface area contributed by atoms with Crippen LogP contribution >= 0.6 is 11.8 Å². The van der Waals surface area contributed by atoms with Gasteiger partial charge in [0.1, 0.15) is 12.4 Å². The summed E-state index contributed by atoms with van der Waals surface area (Å²) in [6, 6.07) is 0. The second-order valence-electron chi connectivity index (χ2n) is 3.61. The normalized spacial score (nSPS) is 11.4. The topological polar surface area (TPSA) is 59.8 Å². The number of allylic oxidation sites excluding steroid dienone is 1. The maximum Gasteiger partial charge on any atom is 0.405 e. The molecule has 0 atom stereocenters. The van der Waals surface area contributed by atoms with Crippen LogP contribution in [-0.4, -0.2) is 39.1 Å². The molecule has 0 saturated carbocycles. The number of alkyl halides is 3. The van der Waals surface area contributed by atoms with E-state index in [1.165, 1.54) is 0 Å². The van der Waals surface area contributed by atoms with Gasteiger partial charge in [-0.3, -0.25) is 4.79 Å². The fourth-order valence-electron chi connectivity index (χ4n) is 1.19. The molecule has 1 aromatic heterocycles. The summed E-state index contributed by atoms with van der Waals surface area (Å²) in [7, 11) is 0. The molecule has 0 radical (unpaired) electrons. The van der Waals surface area contributed by atoms with E-state index >= 15 is 0 Å². The molecule has 1 heterocycles. The molecule has 0 bridgehead atoms. The highest BCUT2D eigenvalue weighted by Gasteiger charge is 2.27. The number of nitrogens with one attached hydrogen (secondary N) is 1. The van der Waals surface area contributed by atoms with Crippen molar-refractivity contribution in [1.82, 2.24) is 20.1 Å². The predicted octanol–water partition coefficient (Wildman–Crippen LogP) is 1.54. The van der Waals surface area contributed by atoms with Gasteiger partial charge in [0.05, 0.1) is 5.75 Å². The van der Waals surface area contributed by atoms with Crippen molar-refractivity contribution in [3.8, 4) is 0 Å². The molecule has 5 nitrogen and oxygen atoms in total. The summed E-state index contributed by atoms with van der Waals surface area (Å²) in [6.07, 6.45) is -2.76. The van der Waals surface area contributed by atoms with Gasteiger partial charge in [-0.15, -0.1) is 16.8 Å². The molecule has 19 heavy (non-hydrogen) atoms. The minimum absolute atomic E-state index is 0.147. The molecule has 0 aliphatic carbocycles. The first-order valence-corrected chi connectivity index (χ1v) is 6.29. The Balaban J connectivity index is 2.48. The molecule has 106 valence electrons. The van der Waals surface area contributed by atoms with E-state index in [1.54, 1.807) is 22.9 Å². The number of rotatable bonds is 6. The van der Waals surface area contributed by atoms with Gasteiger partial charge in [-0.1, -0.05) is 17.8 Å². The van der Waals surface area contributed by atoms with Gasteiger partial charge < -0.3 is 9.88 Å². The standard InChI is InChI=1S/C10H13F3N4OS/c1-3-4-17-7(2)15-16-9(17)19-5-8(18)14-6-10(11,12)13/h3H,1,4-6H2,2H3,(H,14,18). The molecule has 0 aliphatic heterocycles. The number of carbonyl (C=O) groups excluding carboxylic acids is 1. The average molecular weight is 294 g/mol. The van der Waals surface area contributed by atoms with Crippen molar-refractivity contribution < 1.29 is 18.0 Å². The second kappa shape index (κ2) is 6.60. The van der Waals surface area contributed by atoms with Crippen LogP contribution in [-0.2, 0) is 11.3 Å². The molecule has 0 spiro atoms. The summed E-state index contributed by atoms with van der Waals surface area (Å²) < 4.78 is 37.4. The first-order chi connectivity index (χ1) is 8.83. The molecule has 1 N–H and O–H groups in total. The number of hydrogen-bond donors (Lipinski definition) is 1. The highest BCUT2D eigenvalue weighted by Crippen LogP contribution is 2.17. The van der Waals surface area contributed by atoms with Crippen molar-refractivity contribution >= 4 is 17.7 Å². The Kier molecular flexibility index (Phi) is 5.40. The van der Waals surface area contributed by atoms with E-state index in [0.29, 0.717) is 17.5 Å². The van der Waals surface area contributed by atoms with Gasteiger partial charge in [-0.25, -0.2) is 0 Å². The van der Waals surface area contributed by atoms with Crippen LogP contribution in [0.3, 0.4) is 0 Å². The monoisotopic (exact) mass is 294 g/mol. The van der Waals surface area contributed by atoms with Crippen molar-refractivity contribution in [2.75, 3.05) is 12.3 Å². The molecule has 0 unspecified atom stereocenters. The van der Waals surface area contributed by atoms with Crippen molar-refractivity contribution in [3.05, 3.63) is 18.5 Å². The van der Waals surface area contributed by atoms with Crippen LogP contribution in [0.2, 0.25) is 0 Å². The number of aryl methyl sites for hydroxylation is 1. The predicted molar refractivity (Wildman–Crippen MR) is 64.7 cm³/mol. The first-order valence-electron chi connectivity index (χ1n) is 5.30. The van der Waals surface area contributed by atoms with Crippen LogP contribution in [0.25, 0.3) is 0 Å². The molecular formula is C10H13F3N4OS. The van der Waals surface area contributed by atoms with Gasteiger partial charge in [0.15, 0.2) is 5.16 Å². The number of halogens is 3. The van der Waals surface area contributed by atoms with E-state index in [4.69, 9.17) is 0 Å². The van der Waals surface area contributed by atoms with Crippen LogP contribution < -0.4 is 5.32 Å². The Morgan fingerprint density at radius 2 is 2.21 bits per heavy atom. The van der Waals surface area contributed by atoms with E-state index < -0.39 is 18.6 Å². The fraction of sp³-hybridized carbons (Fsp3) is 0.500. The maximum absolute atomic E-state index is 11.9. The Morgan fingerprint density at radius 1 is 1.53 bits per heavy atom. The van der Waals surface area contributed by atoms with Crippen molar-refractivity contribution in [2.45, 2.75) is 24.8 Å². The van der Waals surface area contributed by atoms with Gasteiger partial charge in [0.25, 0.3) is 0 Å². The van der Waals surface area contributed by atoms with Crippen molar-refractivity contribution in [2.24, 2.45) is 0 Å². The zero-order valence-electron chi connectivity index (χ0n) is 10.2. The third kappa shape index (κ3) is 5.33. The summed E-state index contributed by atoms with van der Waals surface area (Å²) in [5, 5.41) is 9.93. The molecule has 1 aromatic rings. The van der Waals surface area contributed by atoms with E-state index in [1.807, 2.05) is 0 Å². The molecule has 1 amide bonds. The summed E-state index contributed by atoms with van der Waals surface area (Å²) in [5.41, 5.74) is 0. The molecule has 1 rings (SSSR count). The number of amides is 1. The summed E-state index contributed by atoms with van der Waals surface area (Å²) in [6.45, 7) is 4.47. The molecule has 0 fully saturated rings. The Hall–Kier alpha value is -1.51. The van der Waals surface area contributed by atoms with Crippen molar-refractivity contribution in [3.63, 3.8) is 0 Å². The highest BCUT2D eigenvalue weighted by molar-refractivity contribution is 7.99. The first kappa shape index (κ1) is 15.5. The van der Waals surface area contributed by atoms with E-state index in [9.17, 15) is 18.0 Å². The summed E-state index contributed by atoms with van der Waals surface area (Å²) >= 11 is 1.03. The Bertz CT molecular complexity index is 458. The smallest absolute Gasteiger partial charge is 0.346 e. The molecular weight excluding hydrogens is 281 g/mol. The Labute approximate surface area is 112 Å². The summed E-state index contributed by atoms with van der Waals surface area (Å²) in [5.74, 6) is -0.197. The molecule has 0 aromatic carbocycles. The SMILES string of the molecule is C=CCn1c(C)nnc1SCC(=O)NCC(F)(F)F. The lowest BCUT2D eigenvalue weighted by atomic mass is 10.6. The lowest BCUT2D eigenvalue weighted by Gasteiger charge is -2.08. The maximum atomic E-state index is 11.9. The quantitative estimate of drug-likeness (QED) is 0.639. The highest BCUT2D eigenvalue weighted by atomic mass is 32.2. The van der Waals surface area contributed by atoms with Gasteiger partial charge in [-0.05, 0) is 6.92 Å². The van der Waals surface area contributed by atoms with Gasteiger partial charge in [-0.2, -0.15) is 13.2 Å². The minimum atomic E-state index is -4.40. The van der Waals surface area contributed by atoms with Gasteiger partial charge in [0, 0.05) is 6.54 Å². The van der Waals surface area contributed by atoms with E-state index in [-0.39, 0.29) is 5.75 Å². The molecule has 9 heteroatoms. The third-order valence-corrected chi connectivity index (χ3v) is 3.00. The molecule has 0 saturated heterocycles. The zero-order valence-corrected chi connectivity index (χ0v) is 11.0. The summed E-state index contributed by atoms with van der Waals surface area (Å²) in [4.78, 5) is 11.2. The van der Waals surface area contributed by atoms with Crippen LogP contribution in [0.5, 0.6) is 0 Å². The third-order valence-electron chi connectivity index (χ3n) is 2.03. The van der Waals surface area contributed by atoms with Gasteiger partial charge in [0.2, 0.25) is 5.91 Å². The van der Waals surface area contributed by atoms with Crippen molar-refractivity contribution in [1.29, 1.82) is 0 Å². The zero-order chi connectivity index (χ0) is 14.5. The van der Waals surface area contributed by atoms with E-state index in [2.05, 4.69) is 16.8 Å². The van der Waals surface area contributed by atoms with E-state index in [0.717, 1.165) is 11.8 Å². The average Bonchev–Trinajstić information content (AvgIpc) is 2.65. The van der Waals surface area contributed by atoms with Crippen LogP contribution in [0.4, 0.5) is 13.2 Å². The number of carbonyl (C=O) groups is 1. The number of thioether (sulfide) groups is 1. The Morgan fingerprint density at radius 3 is 2.79 bits per heavy atom. The van der Waals surface area contributed by atoms with Crippen LogP contribution in [0, 0.1) is 6.92 Å². The molecule has 0 aliphatic rings. The number of hydrogen-bond acceptors (Lipinski definition) is 4. The number of aromatic nitrogens is 3. The van der Waals surface area contributed by atoms with Crippen LogP contribution in [0.1, 0.15) is 5.82 Å². The largest absolute Gasteiger partial charge is 0.405 e. The lowest BCUT2D eigenvalue weighted by molar-refractivity contribution is -0.136. The second-order valence-corrected chi connectivity index (χ2v) is 4.55. The number of nitrogens with zero attached hydrogens (tertiary/aromatic N) is 3. The minimum Gasteiger partial charge on any atom is -0.346 e. The van der Waals surface area contributed by atoms with Crippen LogP contribution in [0.15, 0.2) is 17.8 Å². The lowest BCUT2D eigenvalue weighted by Crippen LogP contribution is -2.34.